The van der Waals surface area contributed by atoms with Crippen molar-refractivity contribution in [3.63, 3.8) is 0 Å². The Morgan fingerprint density at radius 1 is 1.15 bits per heavy atom. The van der Waals surface area contributed by atoms with Crippen molar-refractivity contribution >= 4 is 11.8 Å². The number of benzene rings is 1. The molecule has 178 valence electrons. The Morgan fingerprint density at radius 3 is 2.76 bits per heavy atom. The second-order valence-corrected chi connectivity index (χ2v) is 8.68. The van der Waals surface area contributed by atoms with E-state index in [1.165, 1.54) is 25.5 Å². The molecule has 1 saturated carbocycles. The van der Waals surface area contributed by atoms with E-state index in [9.17, 15) is 9.59 Å². The van der Waals surface area contributed by atoms with Crippen LogP contribution in [0.2, 0.25) is 0 Å². The number of hydrogen-bond acceptors (Lipinski definition) is 5. The van der Waals surface area contributed by atoms with Gasteiger partial charge in [-0.05, 0) is 48.6 Å². The molecule has 0 aliphatic heterocycles. The van der Waals surface area contributed by atoms with E-state index in [0.717, 1.165) is 11.3 Å². The molecule has 2 unspecified atom stereocenters. The van der Waals surface area contributed by atoms with Gasteiger partial charge in [0.05, 0.1) is 5.69 Å². The molecular weight excluding hydrogens is 430 g/mol. The Balaban J connectivity index is 1.31. The zero-order valence-electron chi connectivity index (χ0n) is 19.9. The molecule has 0 bridgehead atoms. The minimum absolute atomic E-state index is 0.111. The molecule has 2 N–H and O–H groups in total. The Morgan fingerprint density at radius 2 is 1.97 bits per heavy atom. The summed E-state index contributed by atoms with van der Waals surface area (Å²) in [6, 6.07) is 12.9. The first kappa shape index (κ1) is 23.5. The van der Waals surface area contributed by atoms with Gasteiger partial charge in [-0.15, -0.1) is 0 Å². The molecule has 0 radical (unpaired) electrons. The number of amides is 2. The van der Waals surface area contributed by atoms with E-state index in [0.29, 0.717) is 47.7 Å². The number of nitrogens with zero attached hydrogens (tertiary/aromatic N) is 3. The highest BCUT2D eigenvalue weighted by Gasteiger charge is 2.39. The predicted octanol–water partition coefficient (Wildman–Crippen LogP) is 3.84. The summed E-state index contributed by atoms with van der Waals surface area (Å²) in [4.78, 5) is 28.5. The Kier molecular flexibility index (Phi) is 7.25. The smallest absolute Gasteiger partial charge is 0.269 e. The highest BCUT2D eigenvalue weighted by Crippen LogP contribution is 2.49. The van der Waals surface area contributed by atoms with Gasteiger partial charge in [0.25, 0.3) is 11.8 Å². The van der Waals surface area contributed by atoms with Crippen LogP contribution in [0.3, 0.4) is 0 Å². The normalized spacial score (nSPS) is 16.7. The van der Waals surface area contributed by atoms with Crippen LogP contribution >= 0.6 is 0 Å². The summed E-state index contributed by atoms with van der Waals surface area (Å²) < 4.78 is 7.59. The average Bonchev–Trinajstić information content (AvgIpc) is 3.50. The van der Waals surface area contributed by atoms with E-state index in [1.54, 1.807) is 23.9 Å². The highest BCUT2D eigenvalue weighted by atomic mass is 16.5. The SMILES string of the molecule is CCCC1CC1c1cc(C(=O)NCCc2cccc(Oc3ccnc(C(=O)NC)c3)c2)n(C)n1. The van der Waals surface area contributed by atoms with E-state index in [-0.39, 0.29) is 11.8 Å². The molecular formula is C26H31N5O3. The van der Waals surface area contributed by atoms with Crippen molar-refractivity contribution in [3.8, 4) is 11.5 Å². The quantitative estimate of drug-likeness (QED) is 0.478. The molecule has 4 rings (SSSR count). The van der Waals surface area contributed by atoms with Crippen LogP contribution in [-0.4, -0.2) is 40.2 Å². The average molecular weight is 462 g/mol. The molecule has 34 heavy (non-hydrogen) atoms. The van der Waals surface area contributed by atoms with Crippen LogP contribution in [-0.2, 0) is 13.5 Å². The summed E-state index contributed by atoms with van der Waals surface area (Å²) in [5, 5.41) is 10.1. The maximum atomic E-state index is 12.7. The largest absolute Gasteiger partial charge is 0.457 e. The number of hydrogen-bond donors (Lipinski definition) is 2. The van der Waals surface area contributed by atoms with Crippen LogP contribution in [0.1, 0.15) is 64.3 Å². The number of aromatic nitrogens is 3. The fraction of sp³-hybridized carbons (Fsp3) is 0.385. The molecule has 2 amide bonds. The predicted molar refractivity (Wildman–Crippen MR) is 129 cm³/mol. The van der Waals surface area contributed by atoms with Crippen LogP contribution in [0.15, 0.2) is 48.7 Å². The lowest BCUT2D eigenvalue weighted by Crippen LogP contribution is -2.27. The van der Waals surface area contributed by atoms with Gasteiger partial charge in [-0.25, -0.2) is 0 Å². The summed E-state index contributed by atoms with van der Waals surface area (Å²) in [5.41, 5.74) is 2.95. The van der Waals surface area contributed by atoms with Crippen molar-refractivity contribution in [1.82, 2.24) is 25.4 Å². The number of carbonyl (C=O) groups excluding carboxylic acids is 2. The van der Waals surface area contributed by atoms with E-state index >= 15 is 0 Å². The van der Waals surface area contributed by atoms with Gasteiger partial charge in [0.2, 0.25) is 0 Å². The maximum Gasteiger partial charge on any atom is 0.269 e. The lowest BCUT2D eigenvalue weighted by atomic mass is 10.1. The molecule has 8 heteroatoms. The summed E-state index contributed by atoms with van der Waals surface area (Å²) in [5.74, 6) is 2.02. The topological polar surface area (TPSA) is 98.1 Å². The van der Waals surface area contributed by atoms with E-state index in [2.05, 4.69) is 27.6 Å². The van der Waals surface area contributed by atoms with Crippen molar-refractivity contribution in [2.45, 2.75) is 38.5 Å². The van der Waals surface area contributed by atoms with Gasteiger partial charge in [-0.3, -0.25) is 19.3 Å². The van der Waals surface area contributed by atoms with Gasteiger partial charge in [0.15, 0.2) is 0 Å². The second-order valence-electron chi connectivity index (χ2n) is 8.68. The molecule has 8 nitrogen and oxygen atoms in total. The zero-order valence-corrected chi connectivity index (χ0v) is 19.9. The number of pyridine rings is 1. The first-order chi connectivity index (χ1) is 16.5. The Bertz CT molecular complexity index is 1170. The zero-order chi connectivity index (χ0) is 24.1. The fourth-order valence-corrected chi connectivity index (χ4v) is 4.22. The van der Waals surface area contributed by atoms with Crippen molar-refractivity contribution < 1.29 is 14.3 Å². The van der Waals surface area contributed by atoms with E-state index in [4.69, 9.17) is 4.74 Å². The molecule has 3 aromatic rings. The van der Waals surface area contributed by atoms with Crippen molar-refractivity contribution in [2.24, 2.45) is 13.0 Å². The summed E-state index contributed by atoms with van der Waals surface area (Å²) in [6.07, 6.45) is 5.79. The van der Waals surface area contributed by atoms with Gasteiger partial charge in [-0.1, -0.05) is 31.9 Å². The molecule has 2 heterocycles. The first-order valence-corrected chi connectivity index (χ1v) is 11.8. The fourth-order valence-electron chi connectivity index (χ4n) is 4.22. The second kappa shape index (κ2) is 10.5. The molecule has 0 spiro atoms. The van der Waals surface area contributed by atoms with Crippen LogP contribution < -0.4 is 15.4 Å². The van der Waals surface area contributed by atoms with Crippen molar-refractivity contribution in [2.75, 3.05) is 13.6 Å². The number of nitrogens with one attached hydrogen (secondary N) is 2. The van der Waals surface area contributed by atoms with Gasteiger partial charge in [0, 0.05) is 38.8 Å². The number of ether oxygens (including phenoxy) is 1. The van der Waals surface area contributed by atoms with Crippen LogP contribution in [0, 0.1) is 5.92 Å². The lowest BCUT2D eigenvalue weighted by Gasteiger charge is -2.09. The molecule has 0 saturated heterocycles. The number of carbonyl (C=O) groups is 2. The third-order valence-electron chi connectivity index (χ3n) is 6.12. The van der Waals surface area contributed by atoms with E-state index < -0.39 is 0 Å². The van der Waals surface area contributed by atoms with Gasteiger partial charge in [0.1, 0.15) is 22.9 Å². The van der Waals surface area contributed by atoms with E-state index in [1.807, 2.05) is 37.4 Å². The minimum atomic E-state index is -0.270. The molecule has 1 aliphatic carbocycles. The number of aryl methyl sites for hydroxylation is 1. The van der Waals surface area contributed by atoms with Crippen LogP contribution in [0.25, 0.3) is 0 Å². The van der Waals surface area contributed by atoms with Crippen molar-refractivity contribution in [3.05, 3.63) is 71.3 Å². The molecule has 2 atom stereocenters. The van der Waals surface area contributed by atoms with Crippen LogP contribution in [0.5, 0.6) is 11.5 Å². The first-order valence-electron chi connectivity index (χ1n) is 11.8. The monoisotopic (exact) mass is 461 g/mol. The molecule has 1 fully saturated rings. The molecule has 1 aromatic carbocycles. The summed E-state index contributed by atoms with van der Waals surface area (Å²) >= 11 is 0. The standard InChI is InChI=1S/C26H31N5O3/c1-4-6-18-14-21(18)22-16-24(31(3)30-22)26(33)29-11-9-17-7-5-8-19(13-17)34-20-10-12-28-23(15-20)25(32)27-2/h5,7-8,10,12-13,15-16,18,21H,4,6,9,11,14H2,1-3H3,(H,27,32)(H,29,33). The molecule has 1 aliphatic rings. The molecule has 2 aromatic heterocycles. The third-order valence-corrected chi connectivity index (χ3v) is 6.12. The third kappa shape index (κ3) is 5.62. The Labute approximate surface area is 199 Å². The lowest BCUT2D eigenvalue weighted by molar-refractivity contribution is 0.0941. The minimum Gasteiger partial charge on any atom is -0.457 e. The van der Waals surface area contributed by atoms with Gasteiger partial charge >= 0.3 is 0 Å². The Hall–Kier alpha value is -3.68. The summed E-state index contributed by atoms with van der Waals surface area (Å²) in [7, 11) is 3.38. The number of rotatable bonds is 10. The van der Waals surface area contributed by atoms with Crippen LogP contribution in [0.4, 0.5) is 0 Å². The summed E-state index contributed by atoms with van der Waals surface area (Å²) in [6.45, 7) is 2.71. The van der Waals surface area contributed by atoms with Gasteiger partial charge in [-0.2, -0.15) is 5.10 Å². The highest BCUT2D eigenvalue weighted by molar-refractivity contribution is 5.93. The maximum absolute atomic E-state index is 12.7. The van der Waals surface area contributed by atoms with Crippen molar-refractivity contribution in [1.29, 1.82) is 0 Å². The van der Waals surface area contributed by atoms with Gasteiger partial charge < -0.3 is 15.4 Å².